The van der Waals surface area contributed by atoms with Crippen LogP contribution in [0.3, 0.4) is 0 Å². The maximum Gasteiger partial charge on any atom is 0.127 e. The lowest BCUT2D eigenvalue weighted by atomic mass is 9.94. The molecule has 0 aromatic heterocycles. The van der Waals surface area contributed by atoms with Crippen molar-refractivity contribution in [2.45, 2.75) is 43.4 Å². The van der Waals surface area contributed by atoms with Gasteiger partial charge in [-0.2, -0.15) is 0 Å². The lowest BCUT2D eigenvalue weighted by Crippen LogP contribution is -3.14. The Hall–Kier alpha value is -1.19. The summed E-state index contributed by atoms with van der Waals surface area (Å²) in [7, 11) is 0. The molecule has 2 aliphatic rings. The number of nitrogens with one attached hydrogen (secondary N) is 1. The van der Waals surface area contributed by atoms with Crippen LogP contribution in [0.1, 0.15) is 32.1 Å². The van der Waals surface area contributed by atoms with E-state index in [1.807, 2.05) is 4.90 Å². The van der Waals surface area contributed by atoms with Crippen molar-refractivity contribution in [1.82, 2.24) is 0 Å². The highest BCUT2D eigenvalue weighted by atomic mass is 32.2. The number of thioether (sulfide) groups is 1. The molecular weight excluding hydrogens is 302 g/mol. The molecule has 1 saturated carbocycles. The van der Waals surface area contributed by atoms with Crippen molar-refractivity contribution < 1.29 is 9.64 Å². The van der Waals surface area contributed by atoms with E-state index in [0.29, 0.717) is 5.25 Å². The molecule has 1 aliphatic carbocycles. The van der Waals surface area contributed by atoms with Crippen molar-refractivity contribution in [2.75, 3.05) is 19.0 Å². The van der Waals surface area contributed by atoms with E-state index in [1.54, 1.807) is 0 Å². The van der Waals surface area contributed by atoms with Gasteiger partial charge < -0.3 is 9.64 Å². The Balaban J connectivity index is 1.36. The van der Waals surface area contributed by atoms with Gasteiger partial charge in [-0.05, 0) is 37.1 Å². The zero-order valence-electron chi connectivity index (χ0n) is 13.7. The number of fused-ring (bicyclic) bond motifs is 1. The molecule has 2 atom stereocenters. The van der Waals surface area contributed by atoms with E-state index in [9.17, 15) is 0 Å². The fraction of sp³-hybridized carbons (Fsp3) is 0.500. The van der Waals surface area contributed by atoms with Crippen LogP contribution in [0, 0.1) is 0 Å². The minimum atomic E-state index is 0.644. The van der Waals surface area contributed by atoms with Gasteiger partial charge in [0, 0.05) is 5.39 Å². The highest BCUT2D eigenvalue weighted by molar-refractivity contribution is 7.99. The first kappa shape index (κ1) is 15.3. The molecule has 23 heavy (non-hydrogen) atoms. The molecule has 0 bridgehead atoms. The van der Waals surface area contributed by atoms with Crippen LogP contribution in [0.4, 0.5) is 0 Å². The van der Waals surface area contributed by atoms with Gasteiger partial charge in [0.05, 0.1) is 17.8 Å². The summed E-state index contributed by atoms with van der Waals surface area (Å²) >= 11 is 2.11. The van der Waals surface area contributed by atoms with Crippen molar-refractivity contribution in [2.24, 2.45) is 0 Å². The van der Waals surface area contributed by atoms with Gasteiger partial charge in [-0.15, -0.1) is 0 Å². The molecule has 2 fully saturated rings. The Morgan fingerprint density at radius 1 is 1.00 bits per heavy atom. The molecule has 3 heteroatoms. The third-order valence-corrected chi connectivity index (χ3v) is 6.66. The Morgan fingerprint density at radius 2 is 1.83 bits per heavy atom. The topological polar surface area (TPSA) is 13.7 Å². The van der Waals surface area contributed by atoms with Gasteiger partial charge in [0.25, 0.3) is 0 Å². The van der Waals surface area contributed by atoms with Crippen molar-refractivity contribution in [3.63, 3.8) is 0 Å². The van der Waals surface area contributed by atoms with Gasteiger partial charge in [-0.25, -0.2) is 0 Å². The zero-order valence-corrected chi connectivity index (χ0v) is 14.5. The van der Waals surface area contributed by atoms with Crippen molar-refractivity contribution in [3.05, 3.63) is 42.5 Å². The van der Waals surface area contributed by atoms with Crippen LogP contribution in [-0.2, 0) is 0 Å². The smallest absolute Gasteiger partial charge is 0.127 e. The molecule has 2 aromatic carbocycles. The maximum absolute atomic E-state index is 6.20. The number of quaternary nitrogens is 1. The van der Waals surface area contributed by atoms with Crippen molar-refractivity contribution in [1.29, 1.82) is 0 Å². The predicted octanol–water partition coefficient (Wildman–Crippen LogP) is 3.51. The second-order valence-electron chi connectivity index (χ2n) is 6.92. The fourth-order valence-electron chi connectivity index (χ4n) is 4.04. The highest BCUT2D eigenvalue weighted by Crippen LogP contribution is 2.26. The van der Waals surface area contributed by atoms with Crippen LogP contribution in [0.5, 0.6) is 5.75 Å². The van der Waals surface area contributed by atoms with Gasteiger partial charge in [0.2, 0.25) is 0 Å². The lowest BCUT2D eigenvalue weighted by molar-refractivity contribution is -0.909. The average molecular weight is 329 g/mol. The summed E-state index contributed by atoms with van der Waals surface area (Å²) in [6, 6.07) is 15.8. The highest BCUT2D eigenvalue weighted by Gasteiger charge is 2.33. The van der Waals surface area contributed by atoms with Crippen LogP contribution in [0.2, 0.25) is 0 Å². The molecule has 1 aliphatic heterocycles. The zero-order chi connectivity index (χ0) is 15.5. The van der Waals surface area contributed by atoms with Gasteiger partial charge in [0.1, 0.15) is 18.2 Å². The Kier molecular flexibility index (Phi) is 4.77. The number of rotatable bonds is 4. The Labute approximate surface area is 143 Å². The monoisotopic (exact) mass is 328 g/mol. The largest absolute Gasteiger partial charge is 0.492 e. The Morgan fingerprint density at radius 3 is 2.74 bits per heavy atom. The summed E-state index contributed by atoms with van der Waals surface area (Å²) in [6.07, 6.45) is 7.20. The van der Waals surface area contributed by atoms with Crippen LogP contribution >= 0.6 is 11.8 Å². The number of benzene rings is 2. The normalized spacial score (nSPS) is 25.7. The molecule has 4 rings (SSSR count). The molecule has 0 radical (unpaired) electrons. The van der Waals surface area contributed by atoms with Crippen LogP contribution in [0.25, 0.3) is 10.8 Å². The molecule has 122 valence electrons. The van der Waals surface area contributed by atoms with E-state index >= 15 is 0 Å². The Bertz CT molecular complexity index is 648. The SMILES string of the molecule is c1ccc2c(OC[C@@H]3C[NH+](C4CCCCC4)CS3)cccc2c1. The summed E-state index contributed by atoms with van der Waals surface area (Å²) in [5.41, 5.74) is 0. The molecule has 1 N–H and O–H groups in total. The van der Waals surface area contributed by atoms with E-state index in [-0.39, 0.29) is 0 Å². The van der Waals surface area contributed by atoms with E-state index < -0.39 is 0 Å². The van der Waals surface area contributed by atoms with Crippen LogP contribution in [-0.4, -0.2) is 30.3 Å². The molecule has 0 amide bonds. The molecule has 0 spiro atoms. The molecule has 1 heterocycles. The summed E-state index contributed by atoms with van der Waals surface area (Å²) in [6.45, 7) is 2.12. The fourth-order valence-corrected chi connectivity index (χ4v) is 5.34. The van der Waals surface area contributed by atoms with Gasteiger partial charge in [-0.3, -0.25) is 0 Å². The molecule has 2 aromatic rings. The maximum atomic E-state index is 6.20. The first-order chi connectivity index (χ1) is 11.4. The van der Waals surface area contributed by atoms with E-state index in [1.165, 1.54) is 55.3 Å². The second kappa shape index (κ2) is 7.14. The van der Waals surface area contributed by atoms with E-state index in [4.69, 9.17) is 4.74 Å². The number of hydrogen-bond acceptors (Lipinski definition) is 2. The van der Waals surface area contributed by atoms with Crippen LogP contribution in [0.15, 0.2) is 42.5 Å². The standard InChI is InChI=1S/C20H25NOS/c1-2-9-17(10-3-1)21-13-18(23-15-21)14-22-20-12-6-8-16-7-4-5-11-19(16)20/h4-8,11-12,17-18H,1-3,9-10,13-15H2/p+1/t18-/m0/s1. The number of ether oxygens (including phenoxy) is 1. The van der Waals surface area contributed by atoms with Gasteiger partial charge in [0.15, 0.2) is 0 Å². The second-order valence-corrected chi connectivity index (χ2v) is 8.21. The molecular formula is C20H26NOS+. The minimum Gasteiger partial charge on any atom is -0.492 e. The number of hydrogen-bond donors (Lipinski definition) is 1. The van der Waals surface area contributed by atoms with Crippen molar-refractivity contribution in [3.8, 4) is 5.75 Å². The predicted molar refractivity (Wildman–Crippen MR) is 98.4 cm³/mol. The van der Waals surface area contributed by atoms with Crippen LogP contribution < -0.4 is 9.64 Å². The first-order valence-corrected chi connectivity index (χ1v) is 10.0. The quantitative estimate of drug-likeness (QED) is 0.923. The van der Waals surface area contributed by atoms with E-state index in [0.717, 1.165) is 18.4 Å². The summed E-state index contributed by atoms with van der Waals surface area (Å²) < 4.78 is 6.20. The van der Waals surface area contributed by atoms with E-state index in [2.05, 4.69) is 54.2 Å². The lowest BCUT2D eigenvalue weighted by Gasteiger charge is -2.27. The summed E-state index contributed by atoms with van der Waals surface area (Å²) in [5, 5.41) is 3.14. The molecule has 1 unspecified atom stereocenters. The molecule has 2 nitrogen and oxygen atoms in total. The summed E-state index contributed by atoms with van der Waals surface area (Å²) in [5.74, 6) is 2.31. The van der Waals surface area contributed by atoms with Gasteiger partial charge in [-0.1, -0.05) is 54.6 Å². The molecule has 1 saturated heterocycles. The summed E-state index contributed by atoms with van der Waals surface area (Å²) in [4.78, 5) is 1.82. The minimum absolute atomic E-state index is 0.644. The average Bonchev–Trinajstić information content (AvgIpc) is 3.10. The van der Waals surface area contributed by atoms with Gasteiger partial charge >= 0.3 is 0 Å². The first-order valence-electron chi connectivity index (χ1n) is 8.97. The third kappa shape index (κ3) is 3.51. The van der Waals surface area contributed by atoms with Crippen molar-refractivity contribution >= 4 is 22.5 Å². The third-order valence-electron chi connectivity index (χ3n) is 5.35.